The second kappa shape index (κ2) is 13.2. The molecule has 1 amide bonds. The Hall–Kier alpha value is -1.53. The van der Waals surface area contributed by atoms with Crippen molar-refractivity contribution in [3.63, 3.8) is 0 Å². The van der Waals surface area contributed by atoms with Crippen LogP contribution in [-0.4, -0.2) is 35.3 Å². The summed E-state index contributed by atoms with van der Waals surface area (Å²) in [5, 5.41) is 1.25. The lowest BCUT2D eigenvalue weighted by Gasteiger charge is -2.26. The van der Waals surface area contributed by atoms with E-state index in [1.165, 1.54) is 50.0 Å². The molecule has 3 rings (SSSR count). The zero-order chi connectivity index (χ0) is 22.8. The smallest absolute Gasteiger partial charge is 0.248 e. The molecular weight excluding hydrogens is 420 g/mol. The van der Waals surface area contributed by atoms with Gasteiger partial charge < -0.3 is 4.74 Å². The predicted molar refractivity (Wildman–Crippen MR) is 131 cm³/mol. The van der Waals surface area contributed by atoms with Crippen molar-refractivity contribution in [2.45, 2.75) is 77.2 Å². The molecule has 2 aliphatic carbocycles. The van der Waals surface area contributed by atoms with Crippen LogP contribution in [0, 0.1) is 17.8 Å². The maximum absolute atomic E-state index is 13.5. The Morgan fingerprint density at radius 3 is 2.22 bits per heavy atom. The minimum atomic E-state index is -0.630. The van der Waals surface area contributed by atoms with Gasteiger partial charge in [-0.25, -0.2) is 5.84 Å². The number of ketones is 1. The monoisotopic (exact) mass is 460 g/mol. The van der Waals surface area contributed by atoms with Crippen molar-refractivity contribution in [2.75, 3.05) is 18.6 Å². The Morgan fingerprint density at radius 2 is 1.59 bits per heavy atom. The van der Waals surface area contributed by atoms with Crippen LogP contribution in [0.2, 0.25) is 0 Å². The number of methoxy groups -OCH3 is 1. The van der Waals surface area contributed by atoms with Gasteiger partial charge in [0.2, 0.25) is 5.91 Å². The number of carbonyl (C=O) groups excluding carboxylic acids is 2. The van der Waals surface area contributed by atoms with E-state index >= 15 is 0 Å². The standard InChI is InChI=1S/C26H40N2O3S/c1-31-23-15-13-20(14-16-23)17-28(27)26(30)24(19-32-18-21-9-5-4-6-10-21)25(29)22-11-7-2-3-8-12-22/h13-16,21-22,24H,2-12,17-19,27H2,1H3/t24-/m1/s1. The van der Waals surface area contributed by atoms with Crippen LogP contribution in [0.5, 0.6) is 5.75 Å². The maximum atomic E-state index is 13.5. The third-order valence-corrected chi connectivity index (χ3v) is 8.33. The van der Waals surface area contributed by atoms with Gasteiger partial charge in [-0.05, 0) is 55.1 Å². The fourth-order valence-electron chi connectivity index (χ4n) is 5.04. The number of rotatable bonds is 10. The van der Waals surface area contributed by atoms with Crippen molar-refractivity contribution in [3.05, 3.63) is 29.8 Å². The summed E-state index contributed by atoms with van der Waals surface area (Å²) in [5.74, 6) is 8.60. The van der Waals surface area contributed by atoms with Crippen LogP contribution in [0.4, 0.5) is 0 Å². The number of hydrazine groups is 1. The largest absolute Gasteiger partial charge is 0.497 e. The Morgan fingerprint density at radius 1 is 1.00 bits per heavy atom. The Kier molecular flexibility index (Phi) is 10.4. The van der Waals surface area contributed by atoms with Crippen LogP contribution in [-0.2, 0) is 16.1 Å². The highest BCUT2D eigenvalue weighted by Gasteiger charge is 2.34. The molecule has 32 heavy (non-hydrogen) atoms. The molecule has 0 spiro atoms. The minimum Gasteiger partial charge on any atom is -0.497 e. The van der Waals surface area contributed by atoms with Crippen molar-refractivity contribution in [1.82, 2.24) is 5.01 Å². The van der Waals surface area contributed by atoms with Gasteiger partial charge in [0.25, 0.3) is 0 Å². The van der Waals surface area contributed by atoms with E-state index in [0.29, 0.717) is 12.3 Å². The molecule has 2 N–H and O–H groups in total. The normalized spacial score (nSPS) is 19.2. The number of hydrogen-bond donors (Lipinski definition) is 1. The molecule has 0 unspecified atom stereocenters. The fraction of sp³-hybridized carbons (Fsp3) is 0.692. The summed E-state index contributed by atoms with van der Waals surface area (Å²) in [6.07, 6.45) is 12.9. The predicted octanol–water partition coefficient (Wildman–Crippen LogP) is 5.37. The molecule has 2 saturated carbocycles. The van der Waals surface area contributed by atoms with E-state index in [9.17, 15) is 9.59 Å². The number of ether oxygens (including phenoxy) is 1. The number of nitrogens with zero attached hydrogens (tertiary/aromatic N) is 1. The van der Waals surface area contributed by atoms with Crippen molar-refractivity contribution < 1.29 is 14.3 Å². The van der Waals surface area contributed by atoms with E-state index in [-0.39, 0.29) is 17.6 Å². The SMILES string of the molecule is COc1ccc(CN(N)C(=O)[C@H](CSCC2CCCCC2)C(=O)C2CCCCCC2)cc1. The topological polar surface area (TPSA) is 72.6 Å². The zero-order valence-electron chi connectivity index (χ0n) is 19.6. The van der Waals surface area contributed by atoms with Crippen molar-refractivity contribution >= 4 is 23.5 Å². The van der Waals surface area contributed by atoms with Crippen LogP contribution < -0.4 is 10.6 Å². The molecule has 0 radical (unpaired) electrons. The Labute approximate surface area is 197 Å². The molecule has 0 heterocycles. The van der Waals surface area contributed by atoms with Gasteiger partial charge >= 0.3 is 0 Å². The molecule has 0 saturated heterocycles. The first-order valence-electron chi connectivity index (χ1n) is 12.4. The van der Waals surface area contributed by atoms with E-state index in [4.69, 9.17) is 10.6 Å². The Bertz CT molecular complexity index is 710. The van der Waals surface area contributed by atoms with Gasteiger partial charge in [-0.2, -0.15) is 11.8 Å². The molecular formula is C26H40N2O3S. The first-order chi connectivity index (χ1) is 15.6. The molecule has 178 valence electrons. The summed E-state index contributed by atoms with van der Waals surface area (Å²) in [5.41, 5.74) is 0.928. The molecule has 1 atom stereocenters. The molecule has 1 aromatic rings. The Balaban J connectivity index is 1.64. The van der Waals surface area contributed by atoms with E-state index in [2.05, 4.69) is 0 Å². The van der Waals surface area contributed by atoms with E-state index in [1.54, 1.807) is 18.9 Å². The highest BCUT2D eigenvalue weighted by molar-refractivity contribution is 7.99. The van der Waals surface area contributed by atoms with Crippen molar-refractivity contribution in [2.24, 2.45) is 23.6 Å². The average Bonchev–Trinajstić information content (AvgIpc) is 3.12. The van der Waals surface area contributed by atoms with Crippen LogP contribution >= 0.6 is 11.8 Å². The van der Waals surface area contributed by atoms with Crippen LogP contribution in [0.1, 0.15) is 76.2 Å². The molecule has 2 aliphatic rings. The van der Waals surface area contributed by atoms with Gasteiger partial charge in [-0.1, -0.05) is 57.1 Å². The van der Waals surface area contributed by atoms with Gasteiger partial charge in [0.15, 0.2) is 0 Å². The lowest BCUT2D eigenvalue weighted by Crippen LogP contribution is -2.45. The summed E-state index contributed by atoms with van der Waals surface area (Å²) in [7, 11) is 1.63. The van der Waals surface area contributed by atoms with Gasteiger partial charge in [0, 0.05) is 11.7 Å². The highest BCUT2D eigenvalue weighted by Crippen LogP contribution is 2.30. The first kappa shape index (κ1) is 25.1. The summed E-state index contributed by atoms with van der Waals surface area (Å²) in [6.45, 7) is 0.296. The molecule has 0 aliphatic heterocycles. The number of hydrogen-bond acceptors (Lipinski definition) is 5. The second-order valence-corrected chi connectivity index (χ2v) is 10.6. The van der Waals surface area contributed by atoms with Crippen molar-refractivity contribution in [3.8, 4) is 5.75 Å². The van der Waals surface area contributed by atoms with Crippen molar-refractivity contribution in [1.29, 1.82) is 0 Å². The van der Waals surface area contributed by atoms with Gasteiger partial charge in [0.1, 0.15) is 17.5 Å². The number of carbonyl (C=O) groups is 2. The molecule has 1 aromatic carbocycles. The number of nitrogens with two attached hydrogens (primary N) is 1. The molecule has 2 fully saturated rings. The third kappa shape index (κ3) is 7.51. The zero-order valence-corrected chi connectivity index (χ0v) is 20.4. The quantitative estimate of drug-likeness (QED) is 0.167. The number of Topliss-reactive ketones (excluding diaryl/α,β-unsaturated/α-hetero) is 1. The lowest BCUT2D eigenvalue weighted by molar-refractivity contribution is -0.142. The van der Waals surface area contributed by atoms with E-state index in [1.807, 2.05) is 24.3 Å². The lowest BCUT2D eigenvalue weighted by atomic mass is 9.87. The summed E-state index contributed by atoms with van der Waals surface area (Å²) < 4.78 is 5.20. The molecule has 0 aromatic heterocycles. The van der Waals surface area contributed by atoms with E-state index in [0.717, 1.165) is 48.7 Å². The highest BCUT2D eigenvalue weighted by atomic mass is 32.2. The van der Waals surface area contributed by atoms with E-state index < -0.39 is 5.92 Å². The van der Waals surface area contributed by atoms with Crippen LogP contribution in [0.3, 0.4) is 0 Å². The second-order valence-electron chi connectivity index (χ2n) is 9.50. The minimum absolute atomic E-state index is 0.0103. The number of thioether (sulfide) groups is 1. The molecule has 6 heteroatoms. The number of amides is 1. The number of benzene rings is 1. The summed E-state index contributed by atoms with van der Waals surface area (Å²) in [4.78, 5) is 26.8. The van der Waals surface area contributed by atoms with Crippen LogP contribution in [0.15, 0.2) is 24.3 Å². The van der Waals surface area contributed by atoms with Gasteiger partial charge in [-0.15, -0.1) is 0 Å². The maximum Gasteiger partial charge on any atom is 0.248 e. The van der Waals surface area contributed by atoms with Crippen LogP contribution in [0.25, 0.3) is 0 Å². The average molecular weight is 461 g/mol. The molecule has 0 bridgehead atoms. The molecule has 5 nitrogen and oxygen atoms in total. The fourth-order valence-corrected chi connectivity index (χ4v) is 6.38. The summed E-state index contributed by atoms with van der Waals surface area (Å²) >= 11 is 1.78. The summed E-state index contributed by atoms with van der Waals surface area (Å²) in [6, 6.07) is 7.54. The first-order valence-corrected chi connectivity index (χ1v) is 13.5. The van der Waals surface area contributed by atoms with Gasteiger partial charge in [-0.3, -0.25) is 14.6 Å². The van der Waals surface area contributed by atoms with Gasteiger partial charge in [0.05, 0.1) is 13.7 Å². The third-order valence-electron chi connectivity index (χ3n) is 7.06.